The molecule has 5 heteroatoms. The van der Waals surface area contributed by atoms with E-state index < -0.39 is 6.04 Å². The molecule has 0 aliphatic carbocycles. The molecule has 1 atom stereocenters. The minimum Gasteiger partial charge on any atom is -0.325 e. The maximum atomic E-state index is 11.6. The lowest BCUT2D eigenvalue weighted by molar-refractivity contribution is -0.117. The van der Waals surface area contributed by atoms with Gasteiger partial charge in [-0.05, 0) is 31.0 Å². The van der Waals surface area contributed by atoms with E-state index in [1.807, 2.05) is 24.8 Å². The average molecular weight is 293 g/mol. The van der Waals surface area contributed by atoms with Crippen LogP contribution in [0.3, 0.4) is 0 Å². The smallest absolute Gasteiger partial charge is 0.241 e. The van der Waals surface area contributed by atoms with Crippen LogP contribution in [0, 0.1) is 6.92 Å². The summed E-state index contributed by atoms with van der Waals surface area (Å²) >= 11 is 2.02. The van der Waals surface area contributed by atoms with Gasteiger partial charge >= 0.3 is 0 Å². The zero-order valence-electron chi connectivity index (χ0n) is 12.2. The Morgan fingerprint density at radius 3 is 2.75 bits per heavy atom. The zero-order valence-corrected chi connectivity index (χ0v) is 13.0. The number of anilines is 1. The molecule has 0 bridgehead atoms. The van der Waals surface area contributed by atoms with Crippen molar-refractivity contribution in [1.29, 1.82) is 0 Å². The van der Waals surface area contributed by atoms with Crippen LogP contribution in [0.5, 0.6) is 0 Å². The number of amides is 1. The molecule has 3 N–H and O–H groups in total. The lowest BCUT2D eigenvalue weighted by Gasteiger charge is -2.26. The Kier molecular flexibility index (Phi) is 5.46. The molecule has 4 nitrogen and oxygen atoms in total. The molecule has 1 saturated heterocycles. The Balaban J connectivity index is 1.99. The van der Waals surface area contributed by atoms with Crippen molar-refractivity contribution in [2.24, 2.45) is 5.73 Å². The van der Waals surface area contributed by atoms with Crippen LogP contribution in [0.2, 0.25) is 0 Å². The summed E-state index contributed by atoms with van der Waals surface area (Å²) in [6.07, 6.45) is 0. The Bertz CT molecular complexity index is 470. The SMILES string of the molecule is Cc1cc(CN2CCSCC2)ccc1NC(=O)C(C)N. The van der Waals surface area contributed by atoms with Crippen molar-refractivity contribution in [3.63, 3.8) is 0 Å². The summed E-state index contributed by atoms with van der Waals surface area (Å²) in [4.78, 5) is 14.1. The first-order chi connectivity index (χ1) is 9.56. The van der Waals surface area contributed by atoms with Crippen LogP contribution in [0.25, 0.3) is 0 Å². The van der Waals surface area contributed by atoms with Crippen LogP contribution in [-0.4, -0.2) is 41.4 Å². The predicted molar refractivity (Wildman–Crippen MR) is 86.1 cm³/mol. The second-order valence-corrected chi connectivity index (χ2v) is 6.54. The van der Waals surface area contributed by atoms with Crippen molar-refractivity contribution < 1.29 is 4.79 Å². The number of nitrogens with one attached hydrogen (secondary N) is 1. The van der Waals surface area contributed by atoms with Crippen molar-refractivity contribution >= 4 is 23.4 Å². The molecule has 0 saturated carbocycles. The van der Waals surface area contributed by atoms with Gasteiger partial charge in [-0.3, -0.25) is 9.69 Å². The molecule has 1 aliphatic heterocycles. The molecule has 0 spiro atoms. The molecule has 1 heterocycles. The molecule has 0 aromatic heterocycles. The molecule has 110 valence electrons. The van der Waals surface area contributed by atoms with Crippen molar-refractivity contribution in [3.8, 4) is 0 Å². The largest absolute Gasteiger partial charge is 0.325 e. The summed E-state index contributed by atoms with van der Waals surface area (Å²) < 4.78 is 0. The molecule has 1 aromatic rings. The highest BCUT2D eigenvalue weighted by Crippen LogP contribution is 2.19. The average Bonchev–Trinajstić information content (AvgIpc) is 2.42. The topological polar surface area (TPSA) is 58.4 Å². The van der Waals surface area contributed by atoms with Crippen LogP contribution >= 0.6 is 11.8 Å². The molecule has 0 radical (unpaired) electrons. The van der Waals surface area contributed by atoms with E-state index in [1.165, 1.54) is 17.1 Å². The van der Waals surface area contributed by atoms with E-state index >= 15 is 0 Å². The van der Waals surface area contributed by atoms with Gasteiger partial charge in [-0.2, -0.15) is 11.8 Å². The lowest BCUT2D eigenvalue weighted by atomic mass is 10.1. The molecule has 1 fully saturated rings. The van der Waals surface area contributed by atoms with Crippen LogP contribution in [0.15, 0.2) is 18.2 Å². The lowest BCUT2D eigenvalue weighted by Crippen LogP contribution is -2.33. The number of benzene rings is 1. The number of carbonyl (C=O) groups excluding carboxylic acids is 1. The van der Waals surface area contributed by atoms with E-state index in [1.54, 1.807) is 6.92 Å². The fraction of sp³-hybridized carbons (Fsp3) is 0.533. The van der Waals surface area contributed by atoms with E-state index in [-0.39, 0.29) is 5.91 Å². The second kappa shape index (κ2) is 7.11. The van der Waals surface area contributed by atoms with Crippen molar-refractivity contribution in [3.05, 3.63) is 29.3 Å². The van der Waals surface area contributed by atoms with Gasteiger partial charge in [0.1, 0.15) is 0 Å². The van der Waals surface area contributed by atoms with Crippen molar-refractivity contribution in [2.75, 3.05) is 29.9 Å². The van der Waals surface area contributed by atoms with Gasteiger partial charge in [-0.25, -0.2) is 0 Å². The summed E-state index contributed by atoms with van der Waals surface area (Å²) in [5, 5.41) is 2.86. The van der Waals surface area contributed by atoms with E-state index in [4.69, 9.17) is 5.73 Å². The van der Waals surface area contributed by atoms with Gasteiger partial charge in [-0.15, -0.1) is 0 Å². The first-order valence-corrected chi connectivity index (χ1v) is 8.18. The van der Waals surface area contributed by atoms with Crippen molar-refractivity contribution in [2.45, 2.75) is 26.4 Å². The summed E-state index contributed by atoms with van der Waals surface area (Å²) in [6, 6.07) is 5.73. The summed E-state index contributed by atoms with van der Waals surface area (Å²) in [5.41, 5.74) is 8.80. The van der Waals surface area contributed by atoms with Crippen LogP contribution in [-0.2, 0) is 11.3 Å². The molecule has 2 rings (SSSR count). The molecule has 20 heavy (non-hydrogen) atoms. The van der Waals surface area contributed by atoms with E-state index in [2.05, 4.69) is 22.3 Å². The van der Waals surface area contributed by atoms with Gasteiger partial charge in [0, 0.05) is 36.8 Å². The third-order valence-electron chi connectivity index (χ3n) is 3.47. The number of thioether (sulfide) groups is 1. The third-order valence-corrected chi connectivity index (χ3v) is 4.41. The van der Waals surface area contributed by atoms with Crippen LogP contribution in [0.1, 0.15) is 18.1 Å². The first kappa shape index (κ1) is 15.4. The highest BCUT2D eigenvalue weighted by Gasteiger charge is 2.12. The number of nitrogens with zero attached hydrogens (tertiary/aromatic N) is 1. The Morgan fingerprint density at radius 1 is 1.45 bits per heavy atom. The quantitative estimate of drug-likeness (QED) is 0.889. The number of aryl methyl sites for hydroxylation is 1. The molecular formula is C15H23N3OS. The number of hydrogen-bond donors (Lipinski definition) is 2. The third kappa shape index (κ3) is 4.23. The Morgan fingerprint density at radius 2 is 2.15 bits per heavy atom. The minimum absolute atomic E-state index is 0.145. The van der Waals surface area contributed by atoms with Gasteiger partial charge < -0.3 is 11.1 Å². The van der Waals surface area contributed by atoms with Gasteiger partial charge in [-0.1, -0.05) is 12.1 Å². The number of hydrogen-bond acceptors (Lipinski definition) is 4. The van der Waals surface area contributed by atoms with Crippen LogP contribution < -0.4 is 11.1 Å². The van der Waals surface area contributed by atoms with E-state index in [0.29, 0.717) is 0 Å². The van der Waals surface area contributed by atoms with Gasteiger partial charge in [0.05, 0.1) is 6.04 Å². The molecule has 1 unspecified atom stereocenters. The molecular weight excluding hydrogens is 270 g/mol. The highest BCUT2D eigenvalue weighted by atomic mass is 32.2. The molecule has 1 amide bonds. The maximum absolute atomic E-state index is 11.6. The Labute approximate surface area is 125 Å². The van der Waals surface area contributed by atoms with Gasteiger partial charge in [0.2, 0.25) is 5.91 Å². The number of nitrogens with two attached hydrogens (primary N) is 1. The highest BCUT2D eigenvalue weighted by molar-refractivity contribution is 7.99. The minimum atomic E-state index is -0.486. The van der Waals surface area contributed by atoms with Crippen LogP contribution in [0.4, 0.5) is 5.69 Å². The normalized spacial score (nSPS) is 17.8. The van der Waals surface area contributed by atoms with E-state index in [9.17, 15) is 4.79 Å². The first-order valence-electron chi connectivity index (χ1n) is 7.02. The summed E-state index contributed by atoms with van der Waals surface area (Å²) in [6.45, 7) is 7.02. The maximum Gasteiger partial charge on any atom is 0.241 e. The molecule has 1 aliphatic rings. The Hall–Kier alpha value is -1.04. The summed E-state index contributed by atoms with van der Waals surface area (Å²) in [7, 11) is 0. The fourth-order valence-corrected chi connectivity index (χ4v) is 3.21. The number of carbonyl (C=O) groups is 1. The predicted octanol–water partition coefficient (Wildman–Crippen LogP) is 1.83. The van der Waals surface area contributed by atoms with Crippen molar-refractivity contribution in [1.82, 2.24) is 4.90 Å². The number of rotatable bonds is 4. The van der Waals surface area contributed by atoms with Gasteiger partial charge in [0.25, 0.3) is 0 Å². The monoisotopic (exact) mass is 293 g/mol. The zero-order chi connectivity index (χ0) is 14.5. The summed E-state index contributed by atoms with van der Waals surface area (Å²) in [5.74, 6) is 2.30. The standard InChI is InChI=1S/C15H23N3OS/c1-11-9-13(10-18-5-7-20-8-6-18)3-4-14(11)17-15(19)12(2)16/h3-4,9,12H,5-8,10,16H2,1-2H3,(H,17,19). The fourth-order valence-electron chi connectivity index (χ4n) is 2.23. The van der Waals surface area contributed by atoms with Gasteiger partial charge in [0.15, 0.2) is 0 Å². The van der Waals surface area contributed by atoms with E-state index in [0.717, 1.165) is 30.9 Å². The molecule has 1 aromatic carbocycles. The second-order valence-electron chi connectivity index (χ2n) is 5.32.